The lowest BCUT2D eigenvalue weighted by Crippen LogP contribution is -2.61. The SMILES string of the molecule is O=[PH](O)CC[C@H]1O[C@H](Oc2ccccc2)[C@@H](OCc2ccccc2)[C@@H](OCc2ccccc2)[C@@H]1OCc1ccccc1. The van der Waals surface area contributed by atoms with Crippen LogP contribution in [-0.2, 0) is 43.3 Å². The van der Waals surface area contributed by atoms with Crippen molar-refractivity contribution in [2.75, 3.05) is 6.16 Å². The molecule has 6 atom stereocenters. The Kier molecular flexibility index (Phi) is 11.4. The number of rotatable bonds is 14. The number of ether oxygens (including phenoxy) is 5. The molecule has 1 saturated heterocycles. The molecule has 1 N–H and O–H groups in total. The Morgan fingerprint density at radius 2 is 1.02 bits per heavy atom. The molecule has 7 nitrogen and oxygen atoms in total. The molecule has 1 aliphatic rings. The van der Waals surface area contributed by atoms with Crippen molar-refractivity contribution in [3.05, 3.63) is 138 Å². The van der Waals surface area contributed by atoms with Gasteiger partial charge in [-0.1, -0.05) is 109 Å². The predicted molar refractivity (Wildman–Crippen MR) is 161 cm³/mol. The normalized spacial score (nSPS) is 22.8. The number of hydrogen-bond acceptors (Lipinski definition) is 6. The summed E-state index contributed by atoms with van der Waals surface area (Å²) in [5.74, 6) is 0.621. The van der Waals surface area contributed by atoms with E-state index >= 15 is 0 Å². The van der Waals surface area contributed by atoms with Gasteiger partial charge in [-0.05, 0) is 35.2 Å². The minimum Gasteiger partial charge on any atom is -0.462 e. The summed E-state index contributed by atoms with van der Waals surface area (Å²) in [6.45, 7) is 0.957. The summed E-state index contributed by atoms with van der Waals surface area (Å²) in [7, 11) is -2.73. The second-order valence-corrected chi connectivity index (χ2v) is 11.5. The standard InChI is InChI=1S/C34H37O7P/c35-42(36)22-21-30-31(37-23-26-13-5-1-6-14-26)32(38-24-27-15-7-2-8-16-27)33(39-25-28-17-9-3-10-18-28)34(41-30)40-29-19-11-4-12-20-29/h1-20,30-34,42H,21-25H2,(H,35,36)/t30-,31-,32+,33+,34+/m1/s1. The fraction of sp³-hybridized carbons (Fsp3) is 0.294. The Labute approximate surface area is 247 Å². The summed E-state index contributed by atoms with van der Waals surface area (Å²) in [6, 6.07) is 39.1. The molecule has 220 valence electrons. The summed E-state index contributed by atoms with van der Waals surface area (Å²) in [6.07, 6.45) is -2.88. The van der Waals surface area contributed by atoms with Gasteiger partial charge in [-0.3, -0.25) is 4.57 Å². The number of para-hydroxylation sites is 1. The molecule has 1 unspecified atom stereocenters. The van der Waals surface area contributed by atoms with Gasteiger partial charge in [-0.15, -0.1) is 0 Å². The molecule has 0 bridgehead atoms. The van der Waals surface area contributed by atoms with E-state index in [-0.39, 0.29) is 6.16 Å². The molecular formula is C34H37O7P. The fourth-order valence-electron chi connectivity index (χ4n) is 4.97. The third kappa shape index (κ3) is 8.85. The summed E-state index contributed by atoms with van der Waals surface area (Å²) < 4.78 is 44.5. The number of hydrogen-bond donors (Lipinski definition) is 1. The monoisotopic (exact) mass is 588 g/mol. The second kappa shape index (κ2) is 15.8. The van der Waals surface area contributed by atoms with Crippen LogP contribution in [0.15, 0.2) is 121 Å². The van der Waals surface area contributed by atoms with E-state index in [1.54, 1.807) is 0 Å². The molecule has 0 amide bonds. The van der Waals surface area contributed by atoms with Crippen molar-refractivity contribution < 1.29 is 33.1 Å². The molecule has 0 spiro atoms. The zero-order valence-electron chi connectivity index (χ0n) is 23.4. The minimum atomic E-state index is -2.73. The van der Waals surface area contributed by atoms with Crippen LogP contribution in [0.4, 0.5) is 0 Å². The quantitative estimate of drug-likeness (QED) is 0.171. The van der Waals surface area contributed by atoms with Gasteiger partial charge >= 0.3 is 0 Å². The van der Waals surface area contributed by atoms with Gasteiger partial charge in [0.25, 0.3) is 0 Å². The van der Waals surface area contributed by atoms with Crippen LogP contribution >= 0.6 is 8.03 Å². The Morgan fingerprint density at radius 1 is 0.595 bits per heavy atom. The summed E-state index contributed by atoms with van der Waals surface area (Å²) in [5, 5.41) is 0. The van der Waals surface area contributed by atoms with Crippen molar-refractivity contribution in [1.29, 1.82) is 0 Å². The molecule has 4 aromatic carbocycles. The van der Waals surface area contributed by atoms with E-state index in [0.717, 1.165) is 16.7 Å². The molecular weight excluding hydrogens is 551 g/mol. The Balaban J connectivity index is 1.47. The first kappa shape index (κ1) is 30.2. The highest BCUT2D eigenvalue weighted by atomic mass is 31.1. The third-order valence-corrected chi connectivity index (χ3v) is 7.80. The van der Waals surface area contributed by atoms with Gasteiger partial charge in [-0.25, -0.2) is 0 Å². The molecule has 0 aromatic heterocycles. The molecule has 0 radical (unpaired) electrons. The predicted octanol–water partition coefficient (Wildman–Crippen LogP) is 6.40. The van der Waals surface area contributed by atoms with Crippen molar-refractivity contribution in [2.45, 2.75) is 56.9 Å². The van der Waals surface area contributed by atoms with Crippen molar-refractivity contribution in [1.82, 2.24) is 0 Å². The van der Waals surface area contributed by atoms with E-state index in [2.05, 4.69) is 0 Å². The lowest BCUT2D eigenvalue weighted by molar-refractivity contribution is -0.304. The minimum absolute atomic E-state index is 0.0968. The van der Waals surface area contributed by atoms with E-state index in [9.17, 15) is 9.46 Å². The van der Waals surface area contributed by atoms with E-state index in [4.69, 9.17) is 23.7 Å². The van der Waals surface area contributed by atoms with Gasteiger partial charge in [0, 0.05) is 6.16 Å². The first-order valence-corrected chi connectivity index (χ1v) is 15.8. The van der Waals surface area contributed by atoms with Crippen LogP contribution in [0, 0.1) is 0 Å². The summed E-state index contributed by atoms with van der Waals surface area (Å²) in [5.41, 5.74) is 3.00. The topological polar surface area (TPSA) is 83.5 Å². The van der Waals surface area contributed by atoms with Crippen LogP contribution in [0.2, 0.25) is 0 Å². The van der Waals surface area contributed by atoms with Crippen molar-refractivity contribution in [3.8, 4) is 5.75 Å². The Hall–Kier alpha value is -3.29. The Bertz CT molecular complexity index is 1340. The highest BCUT2D eigenvalue weighted by Gasteiger charge is 2.49. The van der Waals surface area contributed by atoms with Gasteiger partial charge < -0.3 is 28.6 Å². The summed E-state index contributed by atoms with van der Waals surface area (Å²) in [4.78, 5) is 9.72. The molecule has 8 heteroatoms. The van der Waals surface area contributed by atoms with E-state index in [1.165, 1.54) is 0 Å². The van der Waals surface area contributed by atoms with Crippen molar-refractivity contribution in [2.24, 2.45) is 0 Å². The second-order valence-electron chi connectivity index (χ2n) is 10.2. The molecule has 5 rings (SSSR count). The Morgan fingerprint density at radius 3 is 1.50 bits per heavy atom. The molecule has 1 aliphatic heterocycles. The molecule has 42 heavy (non-hydrogen) atoms. The number of benzene rings is 4. The molecule has 0 aliphatic carbocycles. The maximum absolute atomic E-state index is 11.8. The molecule has 1 fully saturated rings. The van der Waals surface area contributed by atoms with Crippen LogP contribution in [0.5, 0.6) is 5.75 Å². The molecule has 0 saturated carbocycles. The molecule has 4 aromatic rings. The van der Waals surface area contributed by atoms with Gasteiger partial charge in [0.1, 0.15) is 24.1 Å². The zero-order chi connectivity index (χ0) is 29.0. The maximum atomic E-state index is 11.8. The maximum Gasteiger partial charge on any atom is 0.229 e. The molecule has 1 heterocycles. The van der Waals surface area contributed by atoms with Crippen molar-refractivity contribution >= 4 is 8.03 Å². The fourth-order valence-corrected chi connectivity index (χ4v) is 5.50. The van der Waals surface area contributed by atoms with Gasteiger partial charge in [0.05, 0.1) is 25.9 Å². The smallest absolute Gasteiger partial charge is 0.229 e. The summed E-state index contributed by atoms with van der Waals surface area (Å²) >= 11 is 0. The first-order valence-electron chi connectivity index (χ1n) is 14.2. The van der Waals surface area contributed by atoms with Crippen LogP contribution < -0.4 is 4.74 Å². The van der Waals surface area contributed by atoms with Crippen LogP contribution in [-0.4, -0.2) is 41.8 Å². The average molecular weight is 589 g/mol. The van der Waals surface area contributed by atoms with Crippen molar-refractivity contribution in [3.63, 3.8) is 0 Å². The lowest BCUT2D eigenvalue weighted by atomic mass is 9.96. The van der Waals surface area contributed by atoms with Crippen LogP contribution in [0.25, 0.3) is 0 Å². The van der Waals surface area contributed by atoms with E-state index in [0.29, 0.717) is 32.0 Å². The van der Waals surface area contributed by atoms with Gasteiger partial charge in [0.2, 0.25) is 6.29 Å². The average Bonchev–Trinajstić information content (AvgIpc) is 3.03. The highest BCUT2D eigenvalue weighted by Crippen LogP contribution is 2.34. The lowest BCUT2D eigenvalue weighted by Gasteiger charge is -2.46. The van der Waals surface area contributed by atoms with Crippen LogP contribution in [0.1, 0.15) is 23.1 Å². The van der Waals surface area contributed by atoms with Crippen LogP contribution in [0.3, 0.4) is 0 Å². The van der Waals surface area contributed by atoms with E-state index < -0.39 is 38.7 Å². The highest BCUT2D eigenvalue weighted by molar-refractivity contribution is 7.37. The third-order valence-electron chi connectivity index (χ3n) is 7.09. The first-order chi connectivity index (χ1) is 20.7. The largest absolute Gasteiger partial charge is 0.462 e. The zero-order valence-corrected chi connectivity index (χ0v) is 24.4. The van der Waals surface area contributed by atoms with Gasteiger partial charge in [0.15, 0.2) is 8.03 Å². The van der Waals surface area contributed by atoms with E-state index in [1.807, 2.05) is 121 Å². The van der Waals surface area contributed by atoms with Gasteiger partial charge in [-0.2, -0.15) is 0 Å².